The molecule has 0 saturated heterocycles. The Bertz CT molecular complexity index is 2070. The Labute approximate surface area is 247 Å². The molecule has 0 aromatic heterocycles. The Balaban J connectivity index is 1.30. The molecule has 0 N–H and O–H groups in total. The quantitative estimate of drug-likeness (QED) is 0.211. The molecule has 1 aliphatic carbocycles. The van der Waals surface area contributed by atoms with Crippen molar-refractivity contribution in [1.29, 1.82) is 0 Å². The summed E-state index contributed by atoms with van der Waals surface area (Å²) < 4.78 is 0. The summed E-state index contributed by atoms with van der Waals surface area (Å²) in [6.45, 7) is 2.17. The van der Waals surface area contributed by atoms with Crippen LogP contribution < -0.4 is 0 Å². The van der Waals surface area contributed by atoms with Crippen molar-refractivity contribution in [2.75, 3.05) is 0 Å². The van der Waals surface area contributed by atoms with Crippen molar-refractivity contribution in [1.82, 2.24) is 0 Å². The number of rotatable bonds is 4. The molecule has 0 spiro atoms. The van der Waals surface area contributed by atoms with E-state index in [0.29, 0.717) is 0 Å². The monoisotopic (exact) mass is 534 g/mol. The highest BCUT2D eigenvalue weighted by atomic mass is 14.5. The molecule has 1 aliphatic rings. The number of aryl methyl sites for hydroxylation is 1. The number of hydrogen-bond donors (Lipinski definition) is 0. The van der Waals surface area contributed by atoms with Gasteiger partial charge in [-0.15, -0.1) is 0 Å². The van der Waals surface area contributed by atoms with Crippen molar-refractivity contribution in [2.45, 2.75) is 12.3 Å². The van der Waals surface area contributed by atoms with Crippen LogP contribution in [-0.4, -0.2) is 0 Å². The Hall–Kier alpha value is -5.20. The van der Waals surface area contributed by atoms with Crippen molar-refractivity contribution in [3.05, 3.63) is 192 Å². The van der Waals surface area contributed by atoms with Crippen LogP contribution in [0.1, 0.15) is 27.8 Å². The third kappa shape index (κ3) is 3.62. The lowest BCUT2D eigenvalue weighted by Gasteiger charge is -2.34. The van der Waals surface area contributed by atoms with Crippen LogP contribution in [0.5, 0.6) is 0 Å². The van der Waals surface area contributed by atoms with E-state index in [9.17, 15) is 0 Å². The maximum Gasteiger partial charge on any atom is 0.0713 e. The summed E-state index contributed by atoms with van der Waals surface area (Å²) in [6.07, 6.45) is 0. The van der Waals surface area contributed by atoms with E-state index in [1.165, 1.54) is 72.0 Å². The molecule has 1 unspecified atom stereocenters. The average Bonchev–Trinajstić information content (AvgIpc) is 3.37. The molecule has 1 atom stereocenters. The fourth-order valence-corrected chi connectivity index (χ4v) is 7.18. The van der Waals surface area contributed by atoms with E-state index in [4.69, 9.17) is 0 Å². The first-order valence-corrected chi connectivity index (χ1v) is 14.7. The molecule has 8 rings (SSSR count). The lowest BCUT2D eigenvalue weighted by molar-refractivity contribution is 0.769. The van der Waals surface area contributed by atoms with E-state index < -0.39 is 5.41 Å². The first-order chi connectivity index (χ1) is 20.7. The highest BCUT2D eigenvalue weighted by Crippen LogP contribution is 2.57. The molecule has 0 aliphatic heterocycles. The summed E-state index contributed by atoms with van der Waals surface area (Å²) in [5.74, 6) is 0. The van der Waals surface area contributed by atoms with Crippen molar-refractivity contribution in [2.24, 2.45) is 0 Å². The van der Waals surface area contributed by atoms with E-state index in [1.54, 1.807) is 0 Å². The first-order valence-electron chi connectivity index (χ1n) is 14.7. The summed E-state index contributed by atoms with van der Waals surface area (Å²) in [5, 5.41) is 2.59. The maximum absolute atomic E-state index is 2.36. The number of hydrogen-bond acceptors (Lipinski definition) is 0. The predicted octanol–water partition coefficient (Wildman–Crippen LogP) is 10.8. The lowest BCUT2D eigenvalue weighted by atomic mass is 9.67. The van der Waals surface area contributed by atoms with E-state index in [-0.39, 0.29) is 0 Å². The molecular formula is C42H30. The van der Waals surface area contributed by atoms with Crippen LogP contribution in [0.3, 0.4) is 0 Å². The largest absolute Gasteiger partial charge is 0.0713 e. The first kappa shape index (κ1) is 24.6. The Morgan fingerprint density at radius 3 is 1.71 bits per heavy atom. The summed E-state index contributed by atoms with van der Waals surface area (Å²) in [7, 11) is 0. The van der Waals surface area contributed by atoms with Crippen molar-refractivity contribution in [3.63, 3.8) is 0 Å². The standard InChI is InChI=1S/C42H30/c1-29-11-5-7-15-36(29)33-21-19-30(20-22-33)31-23-26-35(27-24-31)42(34-13-3-2-4-14-34)39-18-10-9-17-38(39)41-37-16-8-6-12-32(37)25-28-40(41)42/h2-28H,1H3. The molecule has 0 nitrogen and oxygen atoms in total. The summed E-state index contributed by atoms with van der Waals surface area (Å²) in [5.41, 5.74) is 13.8. The second kappa shape index (κ2) is 9.72. The van der Waals surface area contributed by atoms with Gasteiger partial charge in [0.25, 0.3) is 0 Å². The van der Waals surface area contributed by atoms with Gasteiger partial charge in [-0.3, -0.25) is 0 Å². The molecular weight excluding hydrogens is 504 g/mol. The van der Waals surface area contributed by atoms with Crippen LogP contribution >= 0.6 is 0 Å². The molecule has 42 heavy (non-hydrogen) atoms. The minimum atomic E-state index is -0.398. The van der Waals surface area contributed by atoms with Gasteiger partial charge in [-0.05, 0) is 78.9 Å². The third-order valence-electron chi connectivity index (χ3n) is 9.13. The predicted molar refractivity (Wildman–Crippen MR) is 177 cm³/mol. The summed E-state index contributed by atoms with van der Waals surface area (Å²) in [4.78, 5) is 0. The van der Waals surface area contributed by atoms with Crippen LogP contribution in [0.4, 0.5) is 0 Å². The van der Waals surface area contributed by atoms with Crippen LogP contribution in [0, 0.1) is 6.92 Å². The fraction of sp³-hybridized carbons (Fsp3) is 0.0476. The van der Waals surface area contributed by atoms with Crippen LogP contribution in [-0.2, 0) is 5.41 Å². The van der Waals surface area contributed by atoms with Gasteiger partial charge in [-0.25, -0.2) is 0 Å². The second-order valence-corrected chi connectivity index (χ2v) is 11.3. The highest BCUT2D eigenvalue weighted by Gasteiger charge is 2.46. The molecule has 0 heteroatoms. The molecule has 0 saturated carbocycles. The van der Waals surface area contributed by atoms with Crippen LogP contribution in [0.2, 0.25) is 0 Å². The van der Waals surface area contributed by atoms with Crippen LogP contribution in [0.15, 0.2) is 164 Å². The Kier molecular flexibility index (Phi) is 5.69. The minimum Gasteiger partial charge on any atom is -0.0622 e. The van der Waals surface area contributed by atoms with Crippen molar-refractivity contribution in [3.8, 4) is 33.4 Å². The zero-order chi connectivity index (χ0) is 28.1. The number of benzene rings is 7. The van der Waals surface area contributed by atoms with Gasteiger partial charge in [0, 0.05) is 0 Å². The van der Waals surface area contributed by atoms with Gasteiger partial charge in [0.2, 0.25) is 0 Å². The molecule has 0 heterocycles. The zero-order valence-electron chi connectivity index (χ0n) is 23.6. The summed E-state index contributed by atoms with van der Waals surface area (Å²) in [6, 6.07) is 60.3. The normalized spacial score (nSPS) is 15.4. The van der Waals surface area contributed by atoms with Gasteiger partial charge in [0.15, 0.2) is 0 Å². The fourth-order valence-electron chi connectivity index (χ4n) is 7.18. The van der Waals surface area contributed by atoms with Gasteiger partial charge in [0.05, 0.1) is 5.41 Å². The van der Waals surface area contributed by atoms with Crippen molar-refractivity contribution < 1.29 is 0 Å². The van der Waals surface area contributed by atoms with Gasteiger partial charge < -0.3 is 0 Å². The smallest absolute Gasteiger partial charge is 0.0622 e. The summed E-state index contributed by atoms with van der Waals surface area (Å²) >= 11 is 0. The molecule has 0 radical (unpaired) electrons. The van der Waals surface area contributed by atoms with Gasteiger partial charge in [-0.2, -0.15) is 0 Å². The minimum absolute atomic E-state index is 0.398. The molecule has 0 amide bonds. The average molecular weight is 535 g/mol. The van der Waals surface area contributed by atoms with E-state index in [2.05, 4.69) is 171 Å². The van der Waals surface area contributed by atoms with E-state index in [1.807, 2.05) is 0 Å². The Morgan fingerprint density at radius 1 is 0.381 bits per heavy atom. The zero-order valence-corrected chi connectivity index (χ0v) is 23.6. The molecule has 7 aromatic carbocycles. The van der Waals surface area contributed by atoms with Gasteiger partial charge in [0.1, 0.15) is 0 Å². The maximum atomic E-state index is 2.36. The molecule has 0 fully saturated rings. The molecule has 0 bridgehead atoms. The van der Waals surface area contributed by atoms with E-state index >= 15 is 0 Å². The topological polar surface area (TPSA) is 0 Å². The van der Waals surface area contributed by atoms with Gasteiger partial charge >= 0.3 is 0 Å². The molecule has 198 valence electrons. The Morgan fingerprint density at radius 2 is 0.952 bits per heavy atom. The van der Waals surface area contributed by atoms with E-state index in [0.717, 1.165) is 0 Å². The molecule has 7 aromatic rings. The van der Waals surface area contributed by atoms with Gasteiger partial charge in [-0.1, -0.05) is 164 Å². The highest BCUT2D eigenvalue weighted by molar-refractivity contribution is 6.04. The van der Waals surface area contributed by atoms with Crippen LogP contribution in [0.25, 0.3) is 44.2 Å². The van der Waals surface area contributed by atoms with Crippen molar-refractivity contribution >= 4 is 10.8 Å². The second-order valence-electron chi connectivity index (χ2n) is 11.3. The SMILES string of the molecule is Cc1ccccc1-c1ccc(-c2ccc(C3(c4ccccc4)c4ccccc4-c4c3ccc3ccccc43)cc2)cc1. The third-order valence-corrected chi connectivity index (χ3v) is 9.13. The number of fused-ring (bicyclic) bond motifs is 5. The lowest BCUT2D eigenvalue weighted by Crippen LogP contribution is -2.28.